The fraction of sp³-hybridized carbons (Fsp3) is 0.158. The van der Waals surface area contributed by atoms with Crippen LogP contribution >= 0.6 is 0 Å². The number of methoxy groups -OCH3 is 1. The fourth-order valence-electron chi connectivity index (χ4n) is 2.39. The summed E-state index contributed by atoms with van der Waals surface area (Å²) in [6.07, 6.45) is 3.42. The minimum absolute atomic E-state index is 0.330. The molecule has 0 atom stereocenters. The van der Waals surface area contributed by atoms with E-state index in [1.807, 2.05) is 12.1 Å². The second-order valence-electron chi connectivity index (χ2n) is 5.72. The molecule has 0 aliphatic carbocycles. The Kier molecular flexibility index (Phi) is 4.99. The van der Waals surface area contributed by atoms with Crippen LogP contribution in [-0.2, 0) is 6.54 Å². The van der Waals surface area contributed by atoms with E-state index >= 15 is 0 Å². The van der Waals surface area contributed by atoms with Crippen molar-refractivity contribution < 1.29 is 9.53 Å². The lowest BCUT2D eigenvalue weighted by Gasteiger charge is -2.07. The standard InChI is InChI=1S/C19H20N4O2/c1-14-6-8-15(9-7-14)12-23-13-17(11-20-23)22-19(24)21-16-4-3-5-18(10-16)25-2/h3-11,13H,12H2,1-2H3,(H2,21,22,24). The molecule has 0 fully saturated rings. The summed E-state index contributed by atoms with van der Waals surface area (Å²) in [6, 6.07) is 15.1. The Morgan fingerprint density at radius 3 is 2.64 bits per heavy atom. The van der Waals surface area contributed by atoms with Gasteiger partial charge in [0.25, 0.3) is 0 Å². The third-order valence-electron chi connectivity index (χ3n) is 3.68. The third-order valence-corrected chi connectivity index (χ3v) is 3.68. The normalized spacial score (nSPS) is 10.3. The van der Waals surface area contributed by atoms with Gasteiger partial charge in [-0.1, -0.05) is 35.9 Å². The molecule has 2 amide bonds. The number of amides is 2. The molecule has 2 aromatic carbocycles. The molecule has 1 aromatic heterocycles. The number of hydrogen-bond donors (Lipinski definition) is 2. The van der Waals surface area contributed by atoms with E-state index in [1.54, 1.807) is 36.3 Å². The van der Waals surface area contributed by atoms with Crippen LogP contribution in [0.25, 0.3) is 0 Å². The van der Waals surface area contributed by atoms with Crippen LogP contribution in [-0.4, -0.2) is 22.9 Å². The highest BCUT2D eigenvalue weighted by Crippen LogP contribution is 2.17. The first-order valence-corrected chi connectivity index (χ1v) is 7.92. The second kappa shape index (κ2) is 7.53. The molecule has 0 saturated heterocycles. The van der Waals surface area contributed by atoms with Gasteiger partial charge in [-0.3, -0.25) is 4.68 Å². The van der Waals surface area contributed by atoms with Gasteiger partial charge in [0.1, 0.15) is 5.75 Å². The average molecular weight is 336 g/mol. The lowest BCUT2D eigenvalue weighted by Crippen LogP contribution is -2.19. The van der Waals surface area contributed by atoms with Gasteiger partial charge in [-0.05, 0) is 24.6 Å². The minimum atomic E-state index is -0.330. The summed E-state index contributed by atoms with van der Waals surface area (Å²) < 4.78 is 6.92. The zero-order valence-electron chi connectivity index (χ0n) is 14.2. The number of urea groups is 1. The van der Waals surface area contributed by atoms with E-state index in [1.165, 1.54) is 5.56 Å². The number of aromatic nitrogens is 2. The van der Waals surface area contributed by atoms with E-state index in [2.05, 4.69) is 46.9 Å². The number of aryl methyl sites for hydroxylation is 1. The van der Waals surface area contributed by atoms with Crippen LogP contribution in [0, 0.1) is 6.92 Å². The molecule has 0 saturated carbocycles. The van der Waals surface area contributed by atoms with Gasteiger partial charge >= 0.3 is 6.03 Å². The van der Waals surface area contributed by atoms with Gasteiger partial charge < -0.3 is 15.4 Å². The molecule has 0 aliphatic heterocycles. The summed E-state index contributed by atoms with van der Waals surface area (Å²) in [5, 5.41) is 9.81. The molecule has 6 nitrogen and oxygen atoms in total. The molecule has 1 heterocycles. The van der Waals surface area contributed by atoms with E-state index in [0.29, 0.717) is 23.7 Å². The van der Waals surface area contributed by atoms with E-state index < -0.39 is 0 Å². The highest BCUT2D eigenvalue weighted by atomic mass is 16.5. The van der Waals surface area contributed by atoms with E-state index in [-0.39, 0.29) is 6.03 Å². The maximum absolute atomic E-state index is 12.1. The summed E-state index contributed by atoms with van der Waals surface area (Å²) in [7, 11) is 1.58. The molecular formula is C19H20N4O2. The first-order chi connectivity index (χ1) is 12.1. The highest BCUT2D eigenvalue weighted by molar-refractivity contribution is 5.99. The van der Waals surface area contributed by atoms with Gasteiger partial charge in [0.2, 0.25) is 0 Å². The predicted octanol–water partition coefficient (Wildman–Crippen LogP) is 3.89. The Morgan fingerprint density at radius 2 is 1.88 bits per heavy atom. The van der Waals surface area contributed by atoms with Crippen molar-refractivity contribution in [1.82, 2.24) is 9.78 Å². The zero-order chi connectivity index (χ0) is 17.6. The van der Waals surface area contributed by atoms with Crippen LogP contribution in [0.5, 0.6) is 5.75 Å². The molecule has 0 spiro atoms. The molecular weight excluding hydrogens is 316 g/mol. The van der Waals surface area contributed by atoms with Crippen molar-refractivity contribution >= 4 is 17.4 Å². The van der Waals surface area contributed by atoms with Gasteiger partial charge in [0.15, 0.2) is 0 Å². The second-order valence-corrected chi connectivity index (χ2v) is 5.72. The number of carbonyl (C=O) groups is 1. The molecule has 25 heavy (non-hydrogen) atoms. The molecule has 3 rings (SSSR count). The zero-order valence-corrected chi connectivity index (χ0v) is 14.2. The van der Waals surface area contributed by atoms with Crippen LogP contribution < -0.4 is 15.4 Å². The number of rotatable bonds is 5. The smallest absolute Gasteiger partial charge is 0.323 e. The lowest BCUT2D eigenvalue weighted by atomic mass is 10.1. The number of ether oxygens (including phenoxy) is 1. The molecule has 2 N–H and O–H groups in total. The molecule has 0 radical (unpaired) electrons. The summed E-state index contributed by atoms with van der Waals surface area (Å²) in [5.74, 6) is 0.684. The van der Waals surface area contributed by atoms with Crippen LogP contribution in [0.2, 0.25) is 0 Å². The summed E-state index contributed by atoms with van der Waals surface area (Å²) in [4.78, 5) is 12.1. The number of anilines is 2. The van der Waals surface area contributed by atoms with E-state index in [9.17, 15) is 4.79 Å². The Hall–Kier alpha value is -3.28. The van der Waals surface area contributed by atoms with Gasteiger partial charge in [0.05, 0.1) is 25.5 Å². The minimum Gasteiger partial charge on any atom is -0.497 e. The number of nitrogens with one attached hydrogen (secondary N) is 2. The Labute approximate surface area is 146 Å². The maximum atomic E-state index is 12.1. The third kappa shape index (κ3) is 4.60. The Bertz CT molecular complexity index is 856. The van der Waals surface area contributed by atoms with Crippen molar-refractivity contribution in [3.63, 3.8) is 0 Å². The molecule has 0 bridgehead atoms. The molecule has 0 aliphatic rings. The van der Waals surface area contributed by atoms with Crippen molar-refractivity contribution in [2.45, 2.75) is 13.5 Å². The highest BCUT2D eigenvalue weighted by Gasteiger charge is 2.06. The van der Waals surface area contributed by atoms with Crippen molar-refractivity contribution in [3.8, 4) is 5.75 Å². The SMILES string of the molecule is COc1cccc(NC(=O)Nc2cnn(Cc3ccc(C)cc3)c2)c1. The van der Waals surface area contributed by atoms with Gasteiger partial charge in [-0.2, -0.15) is 5.10 Å². The monoisotopic (exact) mass is 336 g/mol. The van der Waals surface area contributed by atoms with Crippen molar-refractivity contribution in [3.05, 3.63) is 72.1 Å². The Balaban J connectivity index is 1.58. The van der Waals surface area contributed by atoms with E-state index in [0.717, 1.165) is 5.56 Å². The number of carbonyl (C=O) groups excluding carboxylic acids is 1. The maximum Gasteiger partial charge on any atom is 0.323 e. The lowest BCUT2D eigenvalue weighted by molar-refractivity contribution is 0.262. The predicted molar refractivity (Wildman–Crippen MR) is 98.1 cm³/mol. The number of benzene rings is 2. The van der Waals surface area contributed by atoms with Crippen molar-refractivity contribution in [2.24, 2.45) is 0 Å². The van der Waals surface area contributed by atoms with Crippen LogP contribution in [0.1, 0.15) is 11.1 Å². The molecule has 6 heteroatoms. The van der Waals surface area contributed by atoms with E-state index in [4.69, 9.17) is 4.74 Å². The van der Waals surface area contributed by atoms with Crippen molar-refractivity contribution in [2.75, 3.05) is 17.7 Å². The first-order valence-electron chi connectivity index (χ1n) is 7.92. The largest absolute Gasteiger partial charge is 0.497 e. The van der Waals surface area contributed by atoms with Crippen LogP contribution in [0.4, 0.5) is 16.2 Å². The topological polar surface area (TPSA) is 68.2 Å². The van der Waals surface area contributed by atoms with Crippen LogP contribution in [0.15, 0.2) is 60.9 Å². The van der Waals surface area contributed by atoms with Crippen LogP contribution in [0.3, 0.4) is 0 Å². The fourth-order valence-corrected chi connectivity index (χ4v) is 2.39. The summed E-state index contributed by atoms with van der Waals surface area (Å²) >= 11 is 0. The first kappa shape index (κ1) is 16.6. The molecule has 128 valence electrons. The Morgan fingerprint density at radius 1 is 1.12 bits per heavy atom. The van der Waals surface area contributed by atoms with Gasteiger partial charge in [-0.15, -0.1) is 0 Å². The van der Waals surface area contributed by atoms with Crippen molar-refractivity contribution in [1.29, 1.82) is 0 Å². The quantitative estimate of drug-likeness (QED) is 0.743. The average Bonchev–Trinajstić information content (AvgIpc) is 3.04. The molecule has 0 unspecified atom stereocenters. The summed E-state index contributed by atoms with van der Waals surface area (Å²) in [6.45, 7) is 2.71. The van der Waals surface area contributed by atoms with Gasteiger partial charge in [-0.25, -0.2) is 4.79 Å². The molecule has 3 aromatic rings. The number of hydrogen-bond acceptors (Lipinski definition) is 3. The van der Waals surface area contributed by atoms with Gasteiger partial charge in [0, 0.05) is 18.0 Å². The summed E-state index contributed by atoms with van der Waals surface area (Å²) in [5.41, 5.74) is 3.67. The number of nitrogens with zero attached hydrogens (tertiary/aromatic N) is 2.